The lowest BCUT2D eigenvalue weighted by Gasteiger charge is -2.13. The van der Waals surface area contributed by atoms with Crippen LogP contribution in [0.1, 0.15) is 84.0 Å². The molecule has 192 valence electrons. The number of esters is 2. The number of nitrogens with one attached hydrogen (secondary N) is 1. The third-order valence-electron chi connectivity index (χ3n) is 5.00. The maximum atomic E-state index is 12.1. The van der Waals surface area contributed by atoms with E-state index in [-0.39, 0.29) is 12.4 Å². The van der Waals surface area contributed by atoms with Crippen LogP contribution in [0, 0.1) is 0 Å². The molecule has 1 atom stereocenters. The first-order chi connectivity index (χ1) is 16.5. The Balaban J connectivity index is 3.81. The number of hydrogen-bond donors (Lipinski definition) is 3. The van der Waals surface area contributed by atoms with Crippen LogP contribution in [0.15, 0.2) is 53.6 Å². The van der Waals surface area contributed by atoms with E-state index in [1.807, 2.05) is 0 Å². The third kappa shape index (κ3) is 21.2. The highest BCUT2D eigenvalue weighted by Crippen LogP contribution is 2.05. The van der Waals surface area contributed by atoms with Crippen LogP contribution in [0.2, 0.25) is 0 Å². The summed E-state index contributed by atoms with van der Waals surface area (Å²) in [6.07, 6.45) is 28.0. The summed E-state index contributed by atoms with van der Waals surface area (Å²) in [6.45, 7) is 2.65. The Labute approximate surface area is 206 Å². The highest BCUT2D eigenvalue weighted by Gasteiger charge is 2.20. The predicted octanol–water partition coefficient (Wildman–Crippen LogP) is 4.84. The Kier molecular flexibility index (Phi) is 21.6. The molecule has 0 fully saturated rings. The number of nitrogens with zero attached hydrogens (tertiary/aromatic N) is 1. The molecule has 0 aliphatic rings. The summed E-state index contributed by atoms with van der Waals surface area (Å²) in [6, 6.07) is -0.549. The molecular weight excluding hydrogens is 428 g/mol. The lowest BCUT2D eigenvalue weighted by atomic mass is 10.1. The zero-order valence-corrected chi connectivity index (χ0v) is 21.2. The molecule has 0 aliphatic carbocycles. The number of carbonyl (C=O) groups is 2. The van der Waals surface area contributed by atoms with Crippen molar-refractivity contribution in [3.8, 4) is 0 Å². The van der Waals surface area contributed by atoms with E-state index >= 15 is 0 Å². The Morgan fingerprint density at radius 2 is 1.41 bits per heavy atom. The molecule has 0 heterocycles. The summed E-state index contributed by atoms with van der Waals surface area (Å²) in [5.74, 6) is -1.03. The van der Waals surface area contributed by atoms with Gasteiger partial charge in [-0.15, -0.1) is 0 Å². The maximum Gasteiger partial charge on any atom is 0.330 e. The number of likely N-dealkylation sites (N-methyl/N-ethyl adjacent to an activating group) is 1. The van der Waals surface area contributed by atoms with Crippen molar-refractivity contribution in [2.45, 2.75) is 90.0 Å². The average Bonchev–Trinajstić information content (AvgIpc) is 2.80. The van der Waals surface area contributed by atoms with Gasteiger partial charge in [-0.3, -0.25) is 9.79 Å². The molecule has 0 rings (SSSR count). The minimum Gasteiger partial charge on any atom is -0.392 e. The van der Waals surface area contributed by atoms with E-state index in [0.717, 1.165) is 25.7 Å². The summed E-state index contributed by atoms with van der Waals surface area (Å²) in [5, 5.41) is 2.86. The van der Waals surface area contributed by atoms with Gasteiger partial charge in [0.2, 0.25) is 0 Å². The molecule has 7 nitrogen and oxygen atoms in total. The van der Waals surface area contributed by atoms with E-state index in [0.29, 0.717) is 25.8 Å². The van der Waals surface area contributed by atoms with Gasteiger partial charge in [0, 0.05) is 13.0 Å². The van der Waals surface area contributed by atoms with Gasteiger partial charge < -0.3 is 21.5 Å². The second kappa shape index (κ2) is 23.5. The lowest BCUT2D eigenvalue weighted by Crippen LogP contribution is -2.36. The van der Waals surface area contributed by atoms with E-state index in [1.165, 1.54) is 25.7 Å². The number of guanidine groups is 1. The molecule has 0 unspecified atom stereocenters. The molecule has 0 aromatic rings. The van der Waals surface area contributed by atoms with Crippen LogP contribution in [-0.4, -0.2) is 37.5 Å². The number of carbonyl (C=O) groups excluding carboxylic acids is 2. The first-order valence-corrected chi connectivity index (χ1v) is 12.6. The number of allylic oxidation sites excluding steroid dienone is 8. The molecule has 0 saturated heterocycles. The molecule has 5 N–H and O–H groups in total. The van der Waals surface area contributed by atoms with Crippen LogP contribution in [0.4, 0.5) is 0 Å². The van der Waals surface area contributed by atoms with Gasteiger partial charge in [0.1, 0.15) is 6.04 Å². The Bertz CT molecular complexity index is 677. The molecule has 0 aromatic heterocycles. The van der Waals surface area contributed by atoms with E-state index in [9.17, 15) is 9.59 Å². The molecule has 0 aliphatic heterocycles. The molecule has 0 bridgehead atoms. The summed E-state index contributed by atoms with van der Waals surface area (Å²) in [5.41, 5.74) is 10.5. The molecule has 0 saturated carbocycles. The van der Waals surface area contributed by atoms with Crippen LogP contribution in [0.3, 0.4) is 0 Å². The minimum atomic E-state index is -0.560. The summed E-state index contributed by atoms with van der Waals surface area (Å²) in [4.78, 5) is 27.8. The van der Waals surface area contributed by atoms with Gasteiger partial charge in [-0.2, -0.15) is 0 Å². The quantitative estimate of drug-likeness (QED) is 0.0580. The molecule has 0 amide bonds. The molecule has 0 radical (unpaired) electrons. The standard InChI is InChI=1S/C27H46N4O3/c1-3-4-5-6-7-8-9-10-11-12-13-14-15-16-17-18-19-22-25(32)34-26(33)24(30-2)21-20-23-31-27(28)29/h7-8,10-11,13-14,16-17,24,30H,3-6,9,12,15,18-23H2,1-2H3,(H4,28,29,31)/t24-/m0/s1. The van der Waals surface area contributed by atoms with Crippen molar-refractivity contribution in [1.29, 1.82) is 0 Å². The van der Waals surface area contributed by atoms with Gasteiger partial charge >= 0.3 is 11.9 Å². The van der Waals surface area contributed by atoms with Crippen molar-refractivity contribution in [3.05, 3.63) is 48.6 Å². The van der Waals surface area contributed by atoms with Crippen molar-refractivity contribution in [1.82, 2.24) is 5.32 Å². The SMILES string of the molecule is CCCCCC=CCC=CCC=CCC=CCCCC(=O)OC(=O)[C@H](CCCN=C(N)N)NC. The largest absolute Gasteiger partial charge is 0.392 e. The van der Waals surface area contributed by atoms with E-state index in [4.69, 9.17) is 16.2 Å². The third-order valence-corrected chi connectivity index (χ3v) is 5.00. The fraction of sp³-hybridized carbons (Fsp3) is 0.593. The Morgan fingerprint density at radius 3 is 1.94 bits per heavy atom. The number of rotatable bonds is 20. The first kappa shape index (κ1) is 31.3. The van der Waals surface area contributed by atoms with Crippen LogP contribution < -0.4 is 16.8 Å². The molecular formula is C27H46N4O3. The summed E-state index contributed by atoms with van der Waals surface area (Å²) >= 11 is 0. The highest BCUT2D eigenvalue weighted by atomic mass is 16.6. The van der Waals surface area contributed by atoms with Gasteiger partial charge in [-0.1, -0.05) is 68.4 Å². The minimum absolute atomic E-state index is 0.0212. The van der Waals surface area contributed by atoms with E-state index in [1.54, 1.807) is 7.05 Å². The molecule has 0 spiro atoms. The number of unbranched alkanes of at least 4 members (excludes halogenated alkanes) is 4. The summed E-state index contributed by atoms with van der Waals surface area (Å²) < 4.78 is 4.94. The van der Waals surface area contributed by atoms with E-state index < -0.39 is 18.0 Å². The fourth-order valence-corrected chi connectivity index (χ4v) is 3.04. The zero-order valence-electron chi connectivity index (χ0n) is 21.2. The molecule has 34 heavy (non-hydrogen) atoms. The van der Waals surface area contributed by atoms with Crippen molar-refractivity contribution < 1.29 is 14.3 Å². The van der Waals surface area contributed by atoms with Crippen molar-refractivity contribution in [2.24, 2.45) is 16.5 Å². The van der Waals surface area contributed by atoms with Crippen LogP contribution in [0.25, 0.3) is 0 Å². The number of aliphatic imine (C=N–C) groups is 1. The zero-order chi connectivity index (χ0) is 25.3. The fourth-order valence-electron chi connectivity index (χ4n) is 3.04. The topological polar surface area (TPSA) is 120 Å². The summed E-state index contributed by atoms with van der Waals surface area (Å²) in [7, 11) is 1.65. The normalized spacial score (nSPS) is 12.8. The Hall–Kier alpha value is -2.67. The van der Waals surface area contributed by atoms with Gasteiger partial charge in [0.25, 0.3) is 0 Å². The van der Waals surface area contributed by atoms with E-state index in [2.05, 4.69) is 65.8 Å². The second-order valence-electron chi connectivity index (χ2n) is 8.06. The second-order valence-corrected chi connectivity index (χ2v) is 8.06. The Morgan fingerprint density at radius 1 is 0.853 bits per heavy atom. The monoisotopic (exact) mass is 474 g/mol. The smallest absolute Gasteiger partial charge is 0.330 e. The average molecular weight is 475 g/mol. The van der Waals surface area contributed by atoms with Crippen molar-refractivity contribution >= 4 is 17.9 Å². The maximum absolute atomic E-state index is 12.1. The van der Waals surface area contributed by atoms with Crippen molar-refractivity contribution in [3.63, 3.8) is 0 Å². The van der Waals surface area contributed by atoms with Crippen LogP contribution >= 0.6 is 0 Å². The van der Waals surface area contributed by atoms with Gasteiger partial charge in [0.15, 0.2) is 5.96 Å². The molecule has 7 heteroatoms. The lowest BCUT2D eigenvalue weighted by molar-refractivity contribution is -0.161. The predicted molar refractivity (Wildman–Crippen MR) is 142 cm³/mol. The van der Waals surface area contributed by atoms with Crippen molar-refractivity contribution in [2.75, 3.05) is 13.6 Å². The number of nitrogens with two attached hydrogens (primary N) is 2. The number of ether oxygens (including phenoxy) is 1. The molecule has 0 aromatic carbocycles. The van der Waals surface area contributed by atoms with Gasteiger partial charge in [-0.05, 0) is 64.8 Å². The van der Waals surface area contributed by atoms with Crippen LogP contribution in [-0.2, 0) is 14.3 Å². The highest BCUT2D eigenvalue weighted by molar-refractivity contribution is 5.88. The van der Waals surface area contributed by atoms with Gasteiger partial charge in [-0.25, -0.2) is 4.79 Å². The van der Waals surface area contributed by atoms with Crippen LogP contribution in [0.5, 0.6) is 0 Å². The van der Waals surface area contributed by atoms with Gasteiger partial charge in [0.05, 0.1) is 0 Å². The number of hydrogen-bond acceptors (Lipinski definition) is 5. The first-order valence-electron chi connectivity index (χ1n) is 12.6.